The number of aromatic nitrogens is 1. The molecule has 1 N–H and O–H groups in total. The Kier molecular flexibility index (Phi) is 5.98. The molecule has 0 unspecified atom stereocenters. The van der Waals surface area contributed by atoms with Crippen molar-refractivity contribution in [2.75, 3.05) is 7.11 Å². The van der Waals surface area contributed by atoms with Gasteiger partial charge in [-0.05, 0) is 49.9 Å². The lowest BCUT2D eigenvalue weighted by Gasteiger charge is -2.27. The molecule has 0 aliphatic rings. The molecule has 3 aromatic rings. The Labute approximate surface area is 174 Å². The second-order valence-corrected chi connectivity index (χ2v) is 8.49. The summed E-state index contributed by atoms with van der Waals surface area (Å²) in [6.45, 7) is 5.86. The van der Waals surface area contributed by atoms with E-state index < -0.39 is 17.6 Å². The minimum atomic E-state index is -1.06. The van der Waals surface area contributed by atoms with Crippen molar-refractivity contribution in [1.29, 1.82) is 0 Å². The van der Waals surface area contributed by atoms with Crippen LogP contribution < -0.4 is 10.1 Å². The number of fused-ring (bicyclic) bond motifs is 1. The summed E-state index contributed by atoms with van der Waals surface area (Å²) < 4.78 is 13.7. The molecule has 1 atom stereocenters. The van der Waals surface area contributed by atoms with E-state index >= 15 is 0 Å². The van der Waals surface area contributed by atoms with E-state index in [2.05, 4.69) is 5.32 Å². The third-order valence-corrected chi connectivity index (χ3v) is 5.95. The van der Waals surface area contributed by atoms with Gasteiger partial charge in [-0.25, -0.2) is 4.79 Å². The number of ether oxygens (including phenoxy) is 2. The zero-order chi connectivity index (χ0) is 21.2. The van der Waals surface area contributed by atoms with E-state index in [-0.39, 0.29) is 5.91 Å². The smallest absolute Gasteiger partial charge is 0.356 e. The van der Waals surface area contributed by atoms with Crippen LogP contribution in [-0.2, 0) is 16.6 Å². The van der Waals surface area contributed by atoms with Crippen molar-refractivity contribution in [2.45, 2.75) is 38.8 Å². The molecule has 6 nitrogen and oxygen atoms in total. The van der Waals surface area contributed by atoms with E-state index in [1.165, 1.54) is 0 Å². The van der Waals surface area contributed by atoms with E-state index in [1.807, 2.05) is 39.3 Å². The van der Waals surface area contributed by atoms with Gasteiger partial charge in [-0.2, -0.15) is 0 Å². The standard InChI is InChI=1S/C22H26N2O4S/c1-6-22(2,3)23-20(25)19(14-7-9-15(27-5)10-8-14)28-21(26)17-13-18-16(24(17)4)11-12-29-18/h7-13,19H,6H2,1-5H3,(H,23,25)/t19-/m0/s1. The van der Waals surface area contributed by atoms with Gasteiger partial charge < -0.3 is 19.4 Å². The second-order valence-electron chi connectivity index (χ2n) is 7.54. The van der Waals surface area contributed by atoms with Gasteiger partial charge >= 0.3 is 5.97 Å². The highest BCUT2D eigenvalue weighted by molar-refractivity contribution is 7.17. The monoisotopic (exact) mass is 414 g/mol. The number of benzene rings is 1. The van der Waals surface area contributed by atoms with Crippen molar-refractivity contribution in [2.24, 2.45) is 7.05 Å². The highest BCUT2D eigenvalue weighted by atomic mass is 32.1. The summed E-state index contributed by atoms with van der Waals surface area (Å²) in [5.74, 6) is -0.233. The number of methoxy groups -OCH3 is 1. The predicted molar refractivity (Wildman–Crippen MR) is 114 cm³/mol. The largest absolute Gasteiger partial charge is 0.497 e. The third kappa shape index (κ3) is 4.45. The van der Waals surface area contributed by atoms with E-state index in [0.717, 1.165) is 16.6 Å². The summed E-state index contributed by atoms with van der Waals surface area (Å²) in [6.07, 6.45) is -0.317. The molecular formula is C22H26N2O4S. The molecule has 3 rings (SSSR count). The number of amides is 1. The molecular weight excluding hydrogens is 388 g/mol. The number of nitrogens with zero attached hydrogens (tertiary/aromatic N) is 1. The molecule has 0 saturated carbocycles. The van der Waals surface area contributed by atoms with Gasteiger partial charge in [0.1, 0.15) is 11.4 Å². The number of esters is 1. The topological polar surface area (TPSA) is 69.6 Å². The first-order valence-electron chi connectivity index (χ1n) is 9.45. The Morgan fingerprint density at radius 2 is 1.90 bits per heavy atom. The van der Waals surface area contributed by atoms with Crippen molar-refractivity contribution in [3.8, 4) is 5.75 Å². The van der Waals surface area contributed by atoms with Gasteiger partial charge in [0, 0.05) is 18.2 Å². The fourth-order valence-electron chi connectivity index (χ4n) is 2.95. The highest BCUT2D eigenvalue weighted by Gasteiger charge is 2.30. The Morgan fingerprint density at radius 3 is 2.48 bits per heavy atom. The van der Waals surface area contributed by atoms with Gasteiger partial charge in [-0.15, -0.1) is 11.3 Å². The van der Waals surface area contributed by atoms with Crippen molar-refractivity contribution < 1.29 is 19.1 Å². The van der Waals surface area contributed by atoms with Gasteiger partial charge in [0.2, 0.25) is 6.10 Å². The van der Waals surface area contributed by atoms with Gasteiger partial charge in [-0.1, -0.05) is 19.1 Å². The van der Waals surface area contributed by atoms with Crippen molar-refractivity contribution >= 4 is 33.4 Å². The number of carbonyl (C=O) groups excluding carboxylic acids is 2. The Bertz CT molecular complexity index is 1020. The molecule has 0 aliphatic heterocycles. The van der Waals surface area contributed by atoms with Crippen LogP contribution in [0.15, 0.2) is 41.8 Å². The first-order valence-corrected chi connectivity index (χ1v) is 10.3. The van der Waals surface area contributed by atoms with E-state index in [0.29, 0.717) is 17.0 Å². The minimum Gasteiger partial charge on any atom is -0.497 e. The van der Waals surface area contributed by atoms with Crippen LogP contribution in [0, 0.1) is 0 Å². The Balaban J connectivity index is 1.90. The van der Waals surface area contributed by atoms with Crippen LogP contribution in [0.4, 0.5) is 0 Å². The lowest BCUT2D eigenvalue weighted by molar-refractivity contribution is -0.132. The quantitative estimate of drug-likeness (QED) is 0.580. The molecule has 0 bridgehead atoms. The first kappa shape index (κ1) is 20.9. The number of hydrogen-bond donors (Lipinski definition) is 1. The Hall–Kier alpha value is -2.80. The number of rotatable bonds is 7. The number of carbonyl (C=O) groups is 2. The lowest BCUT2D eigenvalue weighted by atomic mass is 10.0. The average Bonchev–Trinajstić information content (AvgIpc) is 3.28. The van der Waals surface area contributed by atoms with Crippen LogP contribution in [0.25, 0.3) is 10.2 Å². The van der Waals surface area contributed by atoms with Crippen LogP contribution in [-0.4, -0.2) is 29.1 Å². The van der Waals surface area contributed by atoms with E-state index in [4.69, 9.17) is 9.47 Å². The van der Waals surface area contributed by atoms with Gasteiger partial charge in [0.05, 0.1) is 17.3 Å². The van der Waals surface area contributed by atoms with E-state index in [1.54, 1.807) is 53.3 Å². The molecule has 0 spiro atoms. The molecule has 7 heteroatoms. The number of hydrogen-bond acceptors (Lipinski definition) is 5. The van der Waals surface area contributed by atoms with Gasteiger partial charge in [-0.3, -0.25) is 4.79 Å². The average molecular weight is 415 g/mol. The van der Waals surface area contributed by atoms with Gasteiger partial charge in [0.15, 0.2) is 0 Å². The van der Waals surface area contributed by atoms with E-state index in [9.17, 15) is 9.59 Å². The first-order chi connectivity index (χ1) is 13.8. The predicted octanol–water partition coefficient (Wildman–Crippen LogP) is 4.45. The second kappa shape index (κ2) is 8.29. The summed E-state index contributed by atoms with van der Waals surface area (Å²) in [7, 11) is 3.39. The summed E-state index contributed by atoms with van der Waals surface area (Å²) in [4.78, 5) is 26.0. The molecule has 0 radical (unpaired) electrons. The highest BCUT2D eigenvalue weighted by Crippen LogP contribution is 2.27. The van der Waals surface area contributed by atoms with Crippen LogP contribution in [0.1, 0.15) is 49.3 Å². The van der Waals surface area contributed by atoms with Crippen LogP contribution in [0.3, 0.4) is 0 Å². The van der Waals surface area contributed by atoms with Crippen molar-refractivity contribution in [3.05, 3.63) is 53.0 Å². The molecule has 0 fully saturated rings. The van der Waals surface area contributed by atoms with Crippen LogP contribution >= 0.6 is 11.3 Å². The third-order valence-electron chi connectivity index (χ3n) is 5.10. The van der Waals surface area contributed by atoms with Crippen LogP contribution in [0.5, 0.6) is 5.75 Å². The maximum atomic E-state index is 13.0. The van der Waals surface area contributed by atoms with Gasteiger partial charge in [0.25, 0.3) is 5.91 Å². The molecule has 2 heterocycles. The number of thiophene rings is 1. The molecule has 29 heavy (non-hydrogen) atoms. The lowest BCUT2D eigenvalue weighted by Crippen LogP contribution is -2.45. The Morgan fingerprint density at radius 1 is 1.21 bits per heavy atom. The number of nitrogens with one attached hydrogen (secondary N) is 1. The maximum absolute atomic E-state index is 13.0. The zero-order valence-corrected chi connectivity index (χ0v) is 18.1. The van der Waals surface area contributed by atoms with Crippen molar-refractivity contribution in [3.63, 3.8) is 0 Å². The van der Waals surface area contributed by atoms with Crippen LogP contribution in [0.2, 0.25) is 0 Å². The molecule has 154 valence electrons. The summed E-state index contributed by atoms with van der Waals surface area (Å²) in [5.41, 5.74) is 1.54. The summed E-state index contributed by atoms with van der Waals surface area (Å²) in [5, 5.41) is 4.95. The summed E-state index contributed by atoms with van der Waals surface area (Å²) in [6, 6.07) is 10.7. The molecule has 1 aromatic carbocycles. The molecule has 2 aromatic heterocycles. The fourth-order valence-corrected chi connectivity index (χ4v) is 3.80. The fraction of sp³-hybridized carbons (Fsp3) is 0.364. The summed E-state index contributed by atoms with van der Waals surface area (Å²) >= 11 is 1.55. The minimum absolute atomic E-state index is 0.355. The molecule has 1 amide bonds. The maximum Gasteiger partial charge on any atom is 0.356 e. The SMILES string of the molecule is CCC(C)(C)NC(=O)[C@@H](OC(=O)c1cc2sccc2n1C)c1ccc(OC)cc1. The number of aryl methyl sites for hydroxylation is 1. The molecule has 0 saturated heterocycles. The molecule has 0 aliphatic carbocycles. The van der Waals surface area contributed by atoms with Crippen molar-refractivity contribution in [1.82, 2.24) is 9.88 Å². The normalized spacial score (nSPS) is 12.6. The zero-order valence-electron chi connectivity index (χ0n) is 17.3.